The number of nitrogens with one attached hydrogen (secondary N) is 2. The number of anilines is 2. The molecule has 0 spiro atoms. The van der Waals surface area contributed by atoms with Gasteiger partial charge >= 0.3 is 11.9 Å². The number of aryl methyl sites for hydroxylation is 2. The minimum absolute atomic E-state index is 0.0163. The van der Waals surface area contributed by atoms with Crippen LogP contribution in [-0.4, -0.2) is 163 Å². The van der Waals surface area contributed by atoms with Crippen LogP contribution < -0.4 is 33.2 Å². The average molecular weight is 1090 g/mol. The van der Waals surface area contributed by atoms with Crippen LogP contribution >= 0.6 is 69.7 Å². The zero-order valence-corrected chi connectivity index (χ0v) is 41.9. The summed E-state index contributed by atoms with van der Waals surface area (Å²) < 4.78 is 13.7. The molecule has 4 amide bonds. The van der Waals surface area contributed by atoms with Crippen molar-refractivity contribution in [1.82, 2.24) is 59.9 Å². The van der Waals surface area contributed by atoms with Gasteiger partial charge in [0, 0.05) is 47.9 Å². The van der Waals surface area contributed by atoms with Gasteiger partial charge in [-0.05, 0) is 11.1 Å². The van der Waals surface area contributed by atoms with Gasteiger partial charge in [-0.25, -0.2) is 28.9 Å². The van der Waals surface area contributed by atoms with Crippen LogP contribution in [0, 0.1) is 0 Å². The van der Waals surface area contributed by atoms with Gasteiger partial charge in [-0.1, -0.05) is 33.8 Å². The maximum absolute atomic E-state index is 14.2. The van der Waals surface area contributed by atoms with Crippen LogP contribution in [0.5, 0.6) is 0 Å². The summed E-state index contributed by atoms with van der Waals surface area (Å²) in [5.41, 5.74) is 10.3. The van der Waals surface area contributed by atoms with E-state index < -0.39 is 76.3 Å². The van der Waals surface area contributed by atoms with E-state index in [9.17, 15) is 38.4 Å². The monoisotopic (exact) mass is 1090 g/mol. The molecule has 0 saturated carbocycles. The quantitative estimate of drug-likeness (QED) is 0.0211. The molecule has 4 aliphatic rings. The van der Waals surface area contributed by atoms with Crippen LogP contribution in [-0.2, 0) is 62.0 Å². The van der Waals surface area contributed by atoms with Gasteiger partial charge in [0.1, 0.15) is 72.2 Å². The second-order valence-corrected chi connectivity index (χ2v) is 20.4. The highest BCUT2D eigenvalue weighted by Crippen LogP contribution is 2.43. The Morgan fingerprint density at radius 3 is 1.46 bits per heavy atom. The van der Waals surface area contributed by atoms with Gasteiger partial charge in [-0.2, -0.15) is 20.2 Å². The van der Waals surface area contributed by atoms with Crippen LogP contribution in [0.25, 0.3) is 0 Å². The number of esters is 2. The Kier molecular flexibility index (Phi) is 15.4. The largest absolute Gasteiger partial charge is 0.423 e. The third-order valence-electron chi connectivity index (χ3n) is 10.2. The number of nitrogens with zero attached hydrogens (tertiary/aromatic N) is 12. The maximum Gasteiger partial charge on any atom is 0.357 e. The van der Waals surface area contributed by atoms with E-state index in [2.05, 4.69) is 51.1 Å². The Bertz CT molecular complexity index is 2900. The third kappa shape index (κ3) is 10.6. The highest BCUT2D eigenvalue weighted by Gasteiger charge is 2.56. The van der Waals surface area contributed by atoms with E-state index in [0.29, 0.717) is 11.1 Å². The lowest BCUT2D eigenvalue weighted by Gasteiger charge is -2.50. The van der Waals surface area contributed by atoms with E-state index in [1.807, 2.05) is 0 Å². The molecular weight excluding hydrogens is 1050 g/mol. The summed E-state index contributed by atoms with van der Waals surface area (Å²) in [5, 5.41) is 22.8. The number of thiazole rings is 2. The van der Waals surface area contributed by atoms with Crippen molar-refractivity contribution in [2.24, 2.45) is 24.4 Å². The molecule has 8 heterocycles. The first-order valence-corrected chi connectivity index (χ1v) is 25.9. The maximum atomic E-state index is 14.2. The van der Waals surface area contributed by atoms with E-state index in [1.54, 1.807) is 14.1 Å². The van der Waals surface area contributed by atoms with Crippen LogP contribution in [0.3, 0.4) is 0 Å². The molecular formula is C37H36N16O12S6. The molecule has 6 N–H and O–H groups in total. The SMILES string of the molecule is CON=C(C(=O)N[C@@H]1C(=O)N2C(C(=O)OCOC(=O)C3=C(CSc4nc(=O)cnn4C)CS[C@@H]4[C@H](NC(=O)C(=NOC)c5csc(N)n5)C(=O)N34)=C(CSc3nc(=O)cnn3C)CS[C@H]12)c1csc(N)n1. The molecule has 0 radical (unpaired) electrons. The number of ether oxygens (including phenoxy) is 2. The van der Waals surface area contributed by atoms with Crippen molar-refractivity contribution in [1.29, 1.82) is 0 Å². The summed E-state index contributed by atoms with van der Waals surface area (Å²) in [6.45, 7) is -1.01. The minimum atomic E-state index is -1.15. The van der Waals surface area contributed by atoms with Crippen molar-refractivity contribution in [3.63, 3.8) is 0 Å². The lowest BCUT2D eigenvalue weighted by atomic mass is 10.0. The number of thioether (sulfide) groups is 4. The number of carbonyl (C=O) groups is 6. The number of rotatable bonds is 18. The first-order valence-electron chi connectivity index (χ1n) is 20.1. The Morgan fingerprint density at radius 1 is 0.690 bits per heavy atom. The van der Waals surface area contributed by atoms with Crippen molar-refractivity contribution >= 4 is 127 Å². The van der Waals surface area contributed by atoms with Crippen molar-refractivity contribution in [3.05, 3.63) is 77.8 Å². The average Bonchev–Trinajstić information content (AvgIpc) is 3.99. The molecule has 0 aromatic carbocycles. The summed E-state index contributed by atoms with van der Waals surface area (Å²) >= 11 is 6.68. The second-order valence-electron chi connectivity index (χ2n) is 14.6. The first-order chi connectivity index (χ1) is 34.1. The lowest BCUT2D eigenvalue weighted by Crippen LogP contribution is -2.71. The Morgan fingerprint density at radius 2 is 1.10 bits per heavy atom. The fraction of sp³-hybridized carbons (Fsp3) is 0.351. The Labute approximate surface area is 423 Å². The highest BCUT2D eigenvalue weighted by atomic mass is 32.2. The molecule has 2 fully saturated rings. The summed E-state index contributed by atoms with van der Waals surface area (Å²) in [4.78, 5) is 135. The summed E-state index contributed by atoms with van der Waals surface area (Å²) in [7, 11) is 5.58. The first kappa shape index (κ1) is 50.5. The fourth-order valence-corrected chi connectivity index (χ4v) is 12.9. The van der Waals surface area contributed by atoms with Gasteiger partial charge in [-0.3, -0.25) is 38.6 Å². The van der Waals surface area contributed by atoms with Crippen molar-refractivity contribution in [2.75, 3.05) is 55.5 Å². The predicted octanol–water partition coefficient (Wildman–Crippen LogP) is -1.92. The fourth-order valence-electron chi connectivity index (χ4n) is 6.96. The van der Waals surface area contributed by atoms with E-state index in [4.69, 9.17) is 30.6 Å². The summed E-state index contributed by atoms with van der Waals surface area (Å²) in [6, 6.07) is -2.31. The van der Waals surface area contributed by atoms with Crippen LogP contribution in [0.2, 0.25) is 0 Å². The number of fused-ring (bicyclic) bond motifs is 2. The Balaban J connectivity index is 1.01. The highest BCUT2D eigenvalue weighted by molar-refractivity contribution is 8.01. The molecule has 0 bridgehead atoms. The molecule has 34 heteroatoms. The minimum Gasteiger partial charge on any atom is -0.423 e. The molecule has 372 valence electrons. The van der Waals surface area contributed by atoms with Crippen LogP contribution in [0.15, 0.2) is 75.9 Å². The van der Waals surface area contributed by atoms with Gasteiger partial charge in [-0.15, -0.1) is 46.2 Å². The van der Waals surface area contributed by atoms with Gasteiger partial charge in [0.15, 0.2) is 32.0 Å². The van der Waals surface area contributed by atoms with Crippen molar-refractivity contribution in [2.45, 2.75) is 33.1 Å². The molecule has 4 atom stereocenters. The van der Waals surface area contributed by atoms with Crippen molar-refractivity contribution < 1.29 is 47.9 Å². The van der Waals surface area contributed by atoms with Crippen molar-refractivity contribution in [3.8, 4) is 0 Å². The van der Waals surface area contributed by atoms with E-state index in [-0.39, 0.29) is 77.8 Å². The molecule has 8 rings (SSSR count). The van der Waals surface area contributed by atoms with Gasteiger partial charge < -0.3 is 41.2 Å². The van der Waals surface area contributed by atoms with E-state index >= 15 is 0 Å². The topological polar surface area (TPSA) is 368 Å². The number of hydrogen-bond acceptors (Lipinski definition) is 28. The van der Waals surface area contributed by atoms with Gasteiger partial charge in [0.25, 0.3) is 34.7 Å². The second kappa shape index (κ2) is 21.6. The summed E-state index contributed by atoms with van der Waals surface area (Å²) in [5.74, 6) is -4.90. The number of amides is 4. The molecule has 28 nitrogen and oxygen atoms in total. The number of nitrogens with two attached hydrogens (primary N) is 2. The van der Waals surface area contributed by atoms with Crippen LogP contribution in [0.1, 0.15) is 11.4 Å². The smallest absolute Gasteiger partial charge is 0.357 e. The molecule has 0 aliphatic carbocycles. The van der Waals surface area contributed by atoms with Crippen LogP contribution in [0.4, 0.5) is 10.3 Å². The van der Waals surface area contributed by atoms with E-state index in [1.165, 1.54) is 57.9 Å². The number of oxime groups is 2. The Hall–Kier alpha value is -6.88. The zero-order valence-electron chi connectivity index (χ0n) is 37.0. The number of aromatic nitrogens is 8. The standard InChI is InChI=1S/C37H36N16O12S6/c1-50-36(44-18(54)5-40-50)70-9-14-7-66-30-22(46-26(56)20(48-62-3)16-11-68-34(38)42-16)28(58)52(30)24(14)32(60)64-13-65-33(61)25-15(10-71-37-45-19(55)6-41-51(37)2)8-67-31-23(29(59)53(25)31)47-27(57)21(49-63-4)17-12-69-35(39)43-17/h5-6,11-12,22-23,30-31H,7-10,13H2,1-4H3,(H2,38,42)(H2,39,43)(H,46,56)(H,47,57)/t22-,23-,30-,31-/m1/s1. The normalized spacial score (nSPS) is 19.8. The molecule has 4 aromatic heterocycles. The van der Waals surface area contributed by atoms with Gasteiger partial charge in [0.05, 0.1) is 0 Å². The molecule has 4 aromatic rings. The third-order valence-corrected chi connectivity index (χ3v) is 16.4. The number of hydrogen-bond donors (Lipinski definition) is 4. The molecule has 0 unspecified atom stereocenters. The number of carbonyl (C=O) groups excluding carboxylic acids is 6. The van der Waals surface area contributed by atoms with E-state index in [0.717, 1.165) is 68.4 Å². The summed E-state index contributed by atoms with van der Waals surface area (Å²) in [6.07, 6.45) is 2.06. The van der Waals surface area contributed by atoms with Gasteiger partial charge in [0.2, 0.25) is 6.79 Å². The molecule has 2 saturated heterocycles. The predicted molar refractivity (Wildman–Crippen MR) is 257 cm³/mol. The number of nitrogen functional groups attached to an aromatic ring is 2. The lowest BCUT2D eigenvalue weighted by molar-refractivity contribution is -0.168. The molecule has 4 aliphatic heterocycles. The number of β-lactam (4-membered cyclic amide) rings is 2. The molecule has 71 heavy (non-hydrogen) atoms. The zero-order chi connectivity index (χ0) is 50.7.